The molecule has 46 heavy (non-hydrogen) atoms. The molecule has 0 unspecified atom stereocenters. The molecule has 10 heteroatoms. The number of hydrogen-bond acceptors (Lipinski definition) is 6. The van der Waals surface area contributed by atoms with Crippen LogP contribution in [0.3, 0.4) is 0 Å². The lowest BCUT2D eigenvalue weighted by molar-refractivity contribution is -0.139. The van der Waals surface area contributed by atoms with Crippen molar-refractivity contribution in [2.24, 2.45) is 0 Å². The Balaban J connectivity index is 1.79. The van der Waals surface area contributed by atoms with Crippen LogP contribution in [0, 0.1) is 0 Å². The number of amides is 4. The van der Waals surface area contributed by atoms with Gasteiger partial charge in [0.25, 0.3) is 5.91 Å². The summed E-state index contributed by atoms with van der Waals surface area (Å²) in [4.78, 5) is 55.1. The van der Waals surface area contributed by atoms with E-state index in [4.69, 9.17) is 9.47 Å². The minimum Gasteiger partial charge on any atom is -0.493 e. The Morgan fingerprint density at radius 3 is 2.28 bits per heavy atom. The molecular weight excluding hydrogens is 584 g/mol. The molecule has 1 aliphatic heterocycles. The van der Waals surface area contributed by atoms with E-state index in [0.717, 1.165) is 44.1 Å². The number of methoxy groups -OCH3 is 1. The van der Waals surface area contributed by atoms with Crippen LogP contribution in [0.2, 0.25) is 0 Å². The predicted molar refractivity (Wildman–Crippen MR) is 179 cm³/mol. The molecule has 3 N–H and O–H groups in total. The van der Waals surface area contributed by atoms with E-state index in [1.807, 2.05) is 36.4 Å². The summed E-state index contributed by atoms with van der Waals surface area (Å²) in [6, 6.07) is 14.9. The van der Waals surface area contributed by atoms with Gasteiger partial charge in [0.05, 0.1) is 18.8 Å². The smallest absolute Gasteiger partial charge is 0.255 e. The van der Waals surface area contributed by atoms with Gasteiger partial charge < -0.3 is 30.3 Å². The molecule has 0 radical (unpaired) electrons. The number of hydrogen-bond donors (Lipinski definition) is 3. The van der Waals surface area contributed by atoms with Crippen LogP contribution in [0.5, 0.6) is 5.75 Å². The van der Waals surface area contributed by atoms with Crippen LogP contribution >= 0.6 is 0 Å². The van der Waals surface area contributed by atoms with Crippen molar-refractivity contribution in [2.45, 2.75) is 89.1 Å². The largest absolute Gasteiger partial charge is 0.493 e. The first-order valence-electron chi connectivity index (χ1n) is 16.8. The molecule has 1 aliphatic rings. The number of fused-ring (bicyclic) bond motifs is 1. The van der Waals surface area contributed by atoms with Crippen molar-refractivity contribution in [2.75, 3.05) is 40.5 Å². The van der Waals surface area contributed by atoms with Crippen LogP contribution in [-0.2, 0) is 25.5 Å². The van der Waals surface area contributed by atoms with Gasteiger partial charge in [-0.1, -0.05) is 87.4 Å². The first-order valence-corrected chi connectivity index (χ1v) is 16.8. The van der Waals surface area contributed by atoms with Gasteiger partial charge in [0.2, 0.25) is 17.7 Å². The quantitative estimate of drug-likeness (QED) is 0.404. The summed E-state index contributed by atoms with van der Waals surface area (Å²) in [6.07, 6.45) is 10.0. The summed E-state index contributed by atoms with van der Waals surface area (Å²) >= 11 is 0. The normalized spacial score (nSPS) is 20.3. The molecule has 2 aromatic carbocycles. The minimum atomic E-state index is -0.985. The molecule has 0 saturated carbocycles. The zero-order valence-electron chi connectivity index (χ0n) is 27.6. The Kier molecular flexibility index (Phi) is 16.7. The van der Waals surface area contributed by atoms with Crippen LogP contribution in [0.4, 0.5) is 0 Å². The zero-order valence-corrected chi connectivity index (χ0v) is 27.6. The number of ether oxygens (including phenoxy) is 2. The first kappa shape index (κ1) is 36.5. The third-order valence-electron chi connectivity index (χ3n) is 8.32. The Labute approximate surface area is 274 Å². The third-order valence-corrected chi connectivity index (χ3v) is 8.32. The number of para-hydroxylation sites is 1. The molecule has 10 nitrogen and oxygen atoms in total. The van der Waals surface area contributed by atoms with Crippen molar-refractivity contribution in [3.8, 4) is 5.75 Å². The summed E-state index contributed by atoms with van der Waals surface area (Å²) in [6.45, 7) is 1.63. The average Bonchev–Trinajstić information content (AvgIpc) is 3.07. The van der Waals surface area contributed by atoms with Gasteiger partial charge in [-0.3, -0.25) is 19.2 Å². The highest BCUT2D eigenvalue weighted by Gasteiger charge is 2.29. The highest BCUT2D eigenvalue weighted by atomic mass is 16.5. The molecule has 0 aliphatic carbocycles. The Bertz CT molecular complexity index is 1220. The number of nitrogens with zero attached hydrogens (tertiary/aromatic N) is 1. The Hall–Kier alpha value is -3.92. The average molecular weight is 637 g/mol. The second-order valence-electron chi connectivity index (χ2n) is 11.9. The Morgan fingerprint density at radius 1 is 0.913 bits per heavy atom. The van der Waals surface area contributed by atoms with E-state index >= 15 is 0 Å². The monoisotopic (exact) mass is 636 g/mol. The second kappa shape index (κ2) is 21.0. The maximum Gasteiger partial charge on any atom is 0.255 e. The van der Waals surface area contributed by atoms with Crippen molar-refractivity contribution < 1.29 is 28.7 Å². The summed E-state index contributed by atoms with van der Waals surface area (Å²) in [7, 11) is 3.16. The highest BCUT2D eigenvalue weighted by molar-refractivity contribution is 5.99. The van der Waals surface area contributed by atoms with E-state index in [0.29, 0.717) is 37.5 Å². The maximum atomic E-state index is 13.5. The standard InChI is InChI=1S/C36H52N4O6/c1-40-31(27-28-17-11-10-12-18-28)36(44)37-23-15-8-6-4-3-5-7-9-16-25-46-32-20-14-13-19-29(32)34(42)39-30(21-22-33(40)41)35(43)38-24-26-45-2/h10-14,17-20,30-31H,3-9,15-16,21-27H2,1-2H3,(H,37,44)(H,38,43)(H,39,42)/t30-,31-/m0/s1. The molecule has 0 bridgehead atoms. The maximum absolute atomic E-state index is 13.5. The summed E-state index contributed by atoms with van der Waals surface area (Å²) in [5, 5.41) is 8.65. The molecular formula is C36H52N4O6. The lowest BCUT2D eigenvalue weighted by Gasteiger charge is -2.28. The van der Waals surface area contributed by atoms with Crippen LogP contribution in [0.25, 0.3) is 0 Å². The first-order chi connectivity index (χ1) is 22.4. The highest BCUT2D eigenvalue weighted by Crippen LogP contribution is 2.20. The third kappa shape index (κ3) is 12.8. The minimum absolute atomic E-state index is 0.0458. The van der Waals surface area contributed by atoms with Crippen LogP contribution in [-0.4, -0.2) is 81.1 Å². The van der Waals surface area contributed by atoms with Gasteiger partial charge >= 0.3 is 0 Å². The van der Waals surface area contributed by atoms with Gasteiger partial charge in [0.1, 0.15) is 17.8 Å². The lowest BCUT2D eigenvalue weighted by Crippen LogP contribution is -2.50. The number of carbonyl (C=O) groups excluding carboxylic acids is 4. The van der Waals surface area contributed by atoms with Gasteiger partial charge in [-0.15, -0.1) is 0 Å². The second-order valence-corrected chi connectivity index (χ2v) is 11.9. The van der Waals surface area contributed by atoms with Gasteiger partial charge in [-0.25, -0.2) is 0 Å². The van der Waals surface area contributed by atoms with E-state index in [1.165, 1.54) is 31.3 Å². The van der Waals surface area contributed by atoms with E-state index in [2.05, 4.69) is 16.0 Å². The van der Waals surface area contributed by atoms with Gasteiger partial charge in [0.15, 0.2) is 0 Å². The van der Waals surface area contributed by atoms with Crippen molar-refractivity contribution in [3.05, 3.63) is 65.7 Å². The zero-order chi connectivity index (χ0) is 33.0. The summed E-state index contributed by atoms with van der Waals surface area (Å²) in [5.41, 5.74) is 1.27. The lowest BCUT2D eigenvalue weighted by atomic mass is 10.0. The number of carbonyl (C=O) groups is 4. The Morgan fingerprint density at radius 2 is 1.57 bits per heavy atom. The van der Waals surface area contributed by atoms with E-state index in [9.17, 15) is 19.2 Å². The number of rotatable bonds is 6. The SMILES string of the molecule is COCCNC(=O)[C@@H]1CCC(=O)N(C)[C@@H](Cc2ccccc2)C(=O)NCCCCCCCCCCCOc2ccccc2C(=O)N1. The van der Waals surface area contributed by atoms with Crippen molar-refractivity contribution in [3.63, 3.8) is 0 Å². The topological polar surface area (TPSA) is 126 Å². The van der Waals surface area contributed by atoms with Crippen molar-refractivity contribution in [1.82, 2.24) is 20.9 Å². The van der Waals surface area contributed by atoms with E-state index < -0.39 is 23.9 Å². The van der Waals surface area contributed by atoms with Gasteiger partial charge in [-0.2, -0.15) is 0 Å². The number of likely N-dealkylation sites (N-methyl/N-ethyl adjacent to an activating group) is 1. The summed E-state index contributed by atoms with van der Waals surface area (Å²) < 4.78 is 11.1. The van der Waals surface area contributed by atoms with Gasteiger partial charge in [-0.05, 0) is 37.0 Å². The fraction of sp³-hybridized carbons (Fsp3) is 0.556. The number of benzene rings is 2. The molecule has 3 rings (SSSR count). The molecule has 0 saturated heterocycles. The van der Waals surface area contributed by atoms with Crippen LogP contribution in [0.15, 0.2) is 54.6 Å². The molecule has 0 aromatic heterocycles. The van der Waals surface area contributed by atoms with Crippen LogP contribution < -0.4 is 20.7 Å². The molecule has 4 amide bonds. The molecule has 2 aromatic rings. The van der Waals surface area contributed by atoms with Gasteiger partial charge in [0, 0.05) is 40.1 Å². The predicted octanol–water partition coefficient (Wildman–Crippen LogP) is 4.42. The molecule has 1 heterocycles. The number of nitrogens with one attached hydrogen (secondary N) is 3. The van der Waals surface area contributed by atoms with Crippen LogP contribution in [0.1, 0.15) is 86.6 Å². The molecule has 0 spiro atoms. The fourth-order valence-electron chi connectivity index (χ4n) is 5.52. The molecule has 252 valence electrons. The van der Waals surface area contributed by atoms with E-state index in [1.54, 1.807) is 25.2 Å². The fourth-order valence-corrected chi connectivity index (χ4v) is 5.52. The summed E-state index contributed by atoms with van der Waals surface area (Å²) in [5.74, 6) is -0.914. The molecule has 0 fully saturated rings. The van der Waals surface area contributed by atoms with Crippen molar-refractivity contribution in [1.29, 1.82) is 0 Å². The van der Waals surface area contributed by atoms with E-state index in [-0.39, 0.29) is 31.2 Å². The molecule has 2 atom stereocenters. The van der Waals surface area contributed by atoms with Crippen molar-refractivity contribution >= 4 is 23.6 Å².